The molecule has 0 aliphatic rings. The molecule has 0 unspecified atom stereocenters. The van der Waals surface area contributed by atoms with E-state index in [0.29, 0.717) is 19.3 Å². The molecule has 0 aliphatic carbocycles. The normalized spacial score (nSPS) is 14.8. The summed E-state index contributed by atoms with van der Waals surface area (Å²) in [4.78, 5) is 10.4. The molecule has 0 aromatic carbocycles. The Kier molecular flexibility index (Phi) is 15.5. The highest BCUT2D eigenvalue weighted by atomic mass is 16.4. The number of aliphatic carboxylic acids is 1. The van der Waals surface area contributed by atoms with Gasteiger partial charge in [0.05, 0.1) is 12.2 Å². The second-order valence-corrected chi connectivity index (χ2v) is 6.10. The van der Waals surface area contributed by atoms with Crippen LogP contribution < -0.4 is 0 Å². The number of carboxylic acids is 1. The van der Waals surface area contributed by atoms with Crippen LogP contribution in [0.4, 0.5) is 0 Å². The molecule has 0 spiro atoms. The number of allylic oxidation sites excluding steroid dienone is 4. The van der Waals surface area contributed by atoms with Crippen molar-refractivity contribution in [3.63, 3.8) is 0 Å². The summed E-state index contributed by atoms with van der Waals surface area (Å²) in [5.74, 6) is -0.833. The number of hydrogen-bond donors (Lipinski definition) is 3. The molecule has 4 nitrogen and oxygen atoms in total. The predicted molar refractivity (Wildman–Crippen MR) is 98.9 cm³/mol. The topological polar surface area (TPSA) is 77.8 Å². The van der Waals surface area contributed by atoms with Gasteiger partial charge in [-0.2, -0.15) is 0 Å². The van der Waals surface area contributed by atoms with Gasteiger partial charge in [-0.1, -0.05) is 56.2 Å². The molecule has 3 N–H and O–H groups in total. The summed E-state index contributed by atoms with van der Waals surface area (Å²) in [6, 6.07) is 0. The van der Waals surface area contributed by atoms with Gasteiger partial charge in [0.1, 0.15) is 0 Å². The van der Waals surface area contributed by atoms with Crippen molar-refractivity contribution in [1.29, 1.82) is 0 Å². The third-order valence-electron chi connectivity index (χ3n) is 3.69. The molecule has 0 fully saturated rings. The Morgan fingerprint density at radius 3 is 2.46 bits per heavy atom. The van der Waals surface area contributed by atoms with Crippen LogP contribution in [0.25, 0.3) is 0 Å². The fourth-order valence-electron chi connectivity index (χ4n) is 2.22. The first kappa shape index (κ1) is 22.6. The van der Waals surface area contributed by atoms with E-state index >= 15 is 0 Å². The maximum Gasteiger partial charge on any atom is 0.303 e. The SMILES string of the molecule is CCCCC/C=C\C[C@@H](O)CC/C=C/C=C\[C@H](O)CCCC(=O)O. The first-order chi connectivity index (χ1) is 11.6. The molecule has 0 saturated carbocycles. The first-order valence-electron chi connectivity index (χ1n) is 9.12. The Bertz CT molecular complexity index is 385. The maximum atomic E-state index is 10.4. The molecule has 4 heteroatoms. The first-order valence-corrected chi connectivity index (χ1v) is 9.12. The molecule has 138 valence electrons. The lowest BCUT2D eigenvalue weighted by Crippen LogP contribution is -2.04. The smallest absolute Gasteiger partial charge is 0.303 e. The molecule has 0 aromatic rings. The summed E-state index contributed by atoms with van der Waals surface area (Å²) in [7, 11) is 0. The fourth-order valence-corrected chi connectivity index (χ4v) is 2.22. The molecule has 24 heavy (non-hydrogen) atoms. The molecule has 0 saturated heterocycles. The van der Waals surface area contributed by atoms with E-state index in [1.54, 1.807) is 12.2 Å². The van der Waals surface area contributed by atoms with Crippen molar-refractivity contribution in [3.05, 3.63) is 36.5 Å². The van der Waals surface area contributed by atoms with Gasteiger partial charge in [0.15, 0.2) is 0 Å². The zero-order chi connectivity index (χ0) is 18.0. The van der Waals surface area contributed by atoms with Crippen LogP contribution in [-0.2, 0) is 4.79 Å². The van der Waals surface area contributed by atoms with Crippen molar-refractivity contribution in [1.82, 2.24) is 0 Å². The van der Waals surface area contributed by atoms with E-state index in [2.05, 4.69) is 19.1 Å². The minimum atomic E-state index is -0.833. The Morgan fingerprint density at radius 1 is 0.958 bits per heavy atom. The number of unbranched alkanes of at least 4 members (excludes halogenated alkanes) is 3. The van der Waals surface area contributed by atoms with E-state index in [1.165, 1.54) is 19.3 Å². The van der Waals surface area contributed by atoms with E-state index in [-0.39, 0.29) is 12.5 Å². The van der Waals surface area contributed by atoms with E-state index in [4.69, 9.17) is 5.11 Å². The van der Waals surface area contributed by atoms with Crippen LogP contribution in [-0.4, -0.2) is 33.5 Å². The van der Waals surface area contributed by atoms with Crippen LogP contribution in [0, 0.1) is 0 Å². The lowest BCUT2D eigenvalue weighted by Gasteiger charge is -2.05. The third kappa shape index (κ3) is 17.0. The van der Waals surface area contributed by atoms with Gasteiger partial charge in [0, 0.05) is 6.42 Å². The zero-order valence-electron chi connectivity index (χ0n) is 14.9. The molecule has 0 heterocycles. The van der Waals surface area contributed by atoms with Crippen molar-refractivity contribution in [2.75, 3.05) is 0 Å². The number of carboxylic acid groups (broad SMARTS) is 1. The number of aliphatic hydroxyl groups is 2. The Labute approximate surface area is 146 Å². The minimum Gasteiger partial charge on any atom is -0.481 e. The van der Waals surface area contributed by atoms with Crippen LogP contribution in [0.15, 0.2) is 36.5 Å². The monoisotopic (exact) mass is 338 g/mol. The Balaban J connectivity index is 3.65. The number of carbonyl (C=O) groups is 1. The quantitative estimate of drug-likeness (QED) is 0.235. The summed E-state index contributed by atoms with van der Waals surface area (Å²) in [5, 5.41) is 28.0. The van der Waals surface area contributed by atoms with E-state index in [1.807, 2.05) is 12.2 Å². The Hall–Kier alpha value is -1.39. The number of hydrogen-bond acceptors (Lipinski definition) is 3. The van der Waals surface area contributed by atoms with Gasteiger partial charge < -0.3 is 15.3 Å². The van der Waals surface area contributed by atoms with E-state index in [9.17, 15) is 15.0 Å². The summed E-state index contributed by atoms with van der Waals surface area (Å²) < 4.78 is 0. The zero-order valence-corrected chi connectivity index (χ0v) is 14.9. The van der Waals surface area contributed by atoms with Crippen LogP contribution >= 0.6 is 0 Å². The largest absolute Gasteiger partial charge is 0.481 e. The van der Waals surface area contributed by atoms with Gasteiger partial charge in [-0.25, -0.2) is 0 Å². The minimum absolute atomic E-state index is 0.0890. The average molecular weight is 338 g/mol. The van der Waals surface area contributed by atoms with Gasteiger partial charge in [-0.05, 0) is 44.9 Å². The number of aliphatic hydroxyl groups excluding tert-OH is 2. The standard InChI is InChI=1S/C20H34O4/c1-2-3-4-5-6-9-13-18(21)14-10-7-8-11-15-19(22)16-12-17-20(23)24/h6-9,11,15,18-19,21-22H,2-5,10,12-14,16-17H2,1H3,(H,23,24)/b8-7+,9-6-,15-11-/t18-,19+/m1/s1. The lowest BCUT2D eigenvalue weighted by molar-refractivity contribution is -0.137. The van der Waals surface area contributed by atoms with Gasteiger partial charge in [-0.3, -0.25) is 4.79 Å². The molecular weight excluding hydrogens is 304 g/mol. The highest BCUT2D eigenvalue weighted by Gasteiger charge is 2.01. The number of rotatable bonds is 15. The molecular formula is C20H34O4. The maximum absolute atomic E-state index is 10.4. The summed E-state index contributed by atoms with van der Waals surface area (Å²) >= 11 is 0. The van der Waals surface area contributed by atoms with Crippen molar-refractivity contribution in [2.45, 2.75) is 83.3 Å². The van der Waals surface area contributed by atoms with Crippen LogP contribution in [0.2, 0.25) is 0 Å². The van der Waals surface area contributed by atoms with Gasteiger partial charge in [0.2, 0.25) is 0 Å². The molecule has 2 atom stereocenters. The average Bonchev–Trinajstić information content (AvgIpc) is 2.53. The molecule has 0 bridgehead atoms. The molecule has 0 aromatic heterocycles. The second-order valence-electron chi connectivity index (χ2n) is 6.10. The van der Waals surface area contributed by atoms with Crippen LogP contribution in [0.5, 0.6) is 0 Å². The van der Waals surface area contributed by atoms with E-state index < -0.39 is 12.1 Å². The van der Waals surface area contributed by atoms with Crippen molar-refractivity contribution in [3.8, 4) is 0 Å². The van der Waals surface area contributed by atoms with Crippen molar-refractivity contribution in [2.24, 2.45) is 0 Å². The van der Waals surface area contributed by atoms with E-state index in [0.717, 1.165) is 19.3 Å². The predicted octanol–water partition coefficient (Wildman–Crippen LogP) is 4.38. The van der Waals surface area contributed by atoms with Gasteiger partial charge >= 0.3 is 5.97 Å². The van der Waals surface area contributed by atoms with Crippen LogP contribution in [0.3, 0.4) is 0 Å². The summed E-state index contributed by atoms with van der Waals surface area (Å²) in [6.07, 6.45) is 18.6. The molecule has 0 aliphatic heterocycles. The summed E-state index contributed by atoms with van der Waals surface area (Å²) in [6.45, 7) is 2.19. The van der Waals surface area contributed by atoms with Gasteiger partial charge in [0.25, 0.3) is 0 Å². The van der Waals surface area contributed by atoms with Crippen molar-refractivity contribution >= 4 is 5.97 Å². The molecule has 0 radical (unpaired) electrons. The van der Waals surface area contributed by atoms with Crippen molar-refractivity contribution < 1.29 is 20.1 Å². The third-order valence-corrected chi connectivity index (χ3v) is 3.69. The lowest BCUT2D eigenvalue weighted by atomic mass is 10.1. The fraction of sp³-hybridized carbons (Fsp3) is 0.650. The highest BCUT2D eigenvalue weighted by molar-refractivity contribution is 5.66. The Morgan fingerprint density at radius 2 is 1.75 bits per heavy atom. The van der Waals surface area contributed by atoms with Crippen LogP contribution in [0.1, 0.15) is 71.1 Å². The van der Waals surface area contributed by atoms with Gasteiger partial charge in [-0.15, -0.1) is 0 Å². The molecule has 0 amide bonds. The summed E-state index contributed by atoms with van der Waals surface area (Å²) in [5.41, 5.74) is 0. The molecule has 0 rings (SSSR count). The highest BCUT2D eigenvalue weighted by Crippen LogP contribution is 2.06. The second kappa shape index (κ2) is 16.5.